The number of nitrogens with zero attached hydrogens (tertiary/aromatic N) is 3. The number of nitrogens with one attached hydrogen (secondary N) is 1. The van der Waals surface area contributed by atoms with E-state index in [4.69, 9.17) is 9.73 Å². The first kappa shape index (κ1) is 22.0. The molecule has 2 heterocycles. The molecular weight excluding hydrogens is 411 g/mol. The molecule has 1 N–H and O–H groups in total. The van der Waals surface area contributed by atoms with Gasteiger partial charge < -0.3 is 9.64 Å². The predicted octanol–water partition coefficient (Wildman–Crippen LogP) is 2.35. The van der Waals surface area contributed by atoms with Crippen molar-refractivity contribution in [2.75, 3.05) is 32.8 Å². The zero-order chi connectivity index (χ0) is 22.5. The Bertz CT molecular complexity index is 972. The minimum Gasteiger partial charge on any atom is -0.465 e. The molecule has 0 radical (unpaired) electrons. The Hall–Kier alpha value is -3.26. The lowest BCUT2D eigenvalue weighted by molar-refractivity contribution is -0.153. The van der Waals surface area contributed by atoms with E-state index in [0.29, 0.717) is 24.6 Å². The van der Waals surface area contributed by atoms with Gasteiger partial charge in [0, 0.05) is 32.7 Å². The van der Waals surface area contributed by atoms with Gasteiger partial charge in [-0.1, -0.05) is 42.5 Å². The largest absolute Gasteiger partial charge is 0.465 e. The maximum absolute atomic E-state index is 13.4. The molecule has 168 valence electrons. The lowest BCUT2D eigenvalue weighted by atomic mass is 9.91. The number of hydrogen-bond acceptors (Lipinski definition) is 6. The monoisotopic (exact) mass is 438 g/mol. The van der Waals surface area contributed by atoms with Crippen LogP contribution in [-0.2, 0) is 20.9 Å². The van der Waals surface area contributed by atoms with Crippen LogP contribution in [0.25, 0.3) is 0 Å². The predicted molar refractivity (Wildman–Crippen MR) is 118 cm³/mol. The first-order chi connectivity index (χ1) is 15.5. The Morgan fingerprint density at radius 3 is 2.44 bits per heavy atom. The third kappa shape index (κ3) is 4.96. The van der Waals surface area contributed by atoms with E-state index in [-0.39, 0.29) is 12.4 Å². The van der Waals surface area contributed by atoms with Crippen molar-refractivity contribution in [3.8, 4) is 0 Å². The van der Waals surface area contributed by atoms with Crippen molar-refractivity contribution in [3.05, 3.63) is 71.5 Å². The van der Waals surface area contributed by atoms with Gasteiger partial charge in [0.25, 0.3) is 0 Å². The number of carbonyl (C=O) groups is 2. The zero-order valence-corrected chi connectivity index (χ0v) is 18.0. The maximum Gasteiger partial charge on any atom is 0.321 e. The van der Waals surface area contributed by atoms with Crippen LogP contribution < -0.4 is 5.32 Å². The summed E-state index contributed by atoms with van der Waals surface area (Å²) >= 11 is 0. The molecule has 0 unspecified atom stereocenters. The van der Waals surface area contributed by atoms with Crippen LogP contribution in [0.4, 0.5) is 4.39 Å². The van der Waals surface area contributed by atoms with E-state index < -0.39 is 23.8 Å². The fourth-order valence-electron chi connectivity index (χ4n) is 4.08. The van der Waals surface area contributed by atoms with Crippen molar-refractivity contribution in [2.24, 2.45) is 10.9 Å². The third-order valence-electron chi connectivity index (χ3n) is 5.77. The van der Waals surface area contributed by atoms with Gasteiger partial charge in [-0.25, -0.2) is 9.38 Å². The minimum atomic E-state index is -1.11. The molecular formula is C24H27FN4O3. The Kier molecular flexibility index (Phi) is 6.80. The van der Waals surface area contributed by atoms with Crippen LogP contribution in [0.15, 0.2) is 59.6 Å². The molecule has 0 saturated carbocycles. The van der Waals surface area contributed by atoms with Gasteiger partial charge >= 0.3 is 5.97 Å². The van der Waals surface area contributed by atoms with Gasteiger partial charge in [0.1, 0.15) is 11.9 Å². The van der Waals surface area contributed by atoms with Gasteiger partial charge in [-0.15, -0.1) is 0 Å². The van der Waals surface area contributed by atoms with E-state index in [9.17, 15) is 14.0 Å². The normalized spacial score (nSPS) is 21.6. The van der Waals surface area contributed by atoms with Crippen LogP contribution in [-0.4, -0.2) is 60.4 Å². The van der Waals surface area contributed by atoms with E-state index in [0.717, 1.165) is 19.6 Å². The van der Waals surface area contributed by atoms with Crippen molar-refractivity contribution in [1.82, 2.24) is 15.1 Å². The molecule has 2 aromatic carbocycles. The second kappa shape index (κ2) is 9.91. The summed E-state index contributed by atoms with van der Waals surface area (Å²) in [7, 11) is 0. The summed E-state index contributed by atoms with van der Waals surface area (Å²) in [5, 5.41) is 2.79. The summed E-state index contributed by atoms with van der Waals surface area (Å²) in [6, 6.07) is 15.3. The van der Waals surface area contributed by atoms with Crippen molar-refractivity contribution in [3.63, 3.8) is 0 Å². The van der Waals surface area contributed by atoms with Crippen LogP contribution in [0.2, 0.25) is 0 Å². The number of piperazine rings is 1. The lowest BCUT2D eigenvalue weighted by Gasteiger charge is -2.39. The molecule has 1 saturated heterocycles. The molecule has 1 fully saturated rings. The number of esters is 1. The summed E-state index contributed by atoms with van der Waals surface area (Å²) in [4.78, 5) is 34.5. The van der Waals surface area contributed by atoms with Gasteiger partial charge in [0.05, 0.1) is 6.61 Å². The van der Waals surface area contributed by atoms with Gasteiger partial charge in [0.2, 0.25) is 11.9 Å². The SMILES string of the molecule is CCOC(=O)[C@H]1C(=O)NC(N2CCN(Cc3ccccc3)CC2)=N[C@H]1c1ccc(F)cc1. The van der Waals surface area contributed by atoms with Crippen LogP contribution >= 0.6 is 0 Å². The number of aliphatic imine (C=N–C) groups is 1. The fourth-order valence-corrected chi connectivity index (χ4v) is 4.08. The topological polar surface area (TPSA) is 74.2 Å². The molecule has 0 bridgehead atoms. The van der Waals surface area contributed by atoms with Gasteiger partial charge in [-0.3, -0.25) is 19.8 Å². The Morgan fingerprint density at radius 2 is 1.78 bits per heavy atom. The molecule has 2 atom stereocenters. The molecule has 0 aliphatic carbocycles. The fraction of sp³-hybridized carbons (Fsp3) is 0.375. The lowest BCUT2D eigenvalue weighted by Crippen LogP contribution is -2.57. The quantitative estimate of drug-likeness (QED) is 0.573. The van der Waals surface area contributed by atoms with Crippen LogP contribution in [0.1, 0.15) is 24.1 Å². The van der Waals surface area contributed by atoms with Gasteiger partial charge in [0.15, 0.2) is 5.92 Å². The molecule has 1 amide bonds. The second-order valence-corrected chi connectivity index (χ2v) is 7.92. The van der Waals surface area contributed by atoms with E-state index >= 15 is 0 Å². The summed E-state index contributed by atoms with van der Waals surface area (Å²) in [5.74, 6) is -2.13. The van der Waals surface area contributed by atoms with Gasteiger partial charge in [-0.05, 0) is 30.2 Å². The number of hydrogen-bond donors (Lipinski definition) is 1. The molecule has 7 nitrogen and oxygen atoms in total. The number of rotatable bonds is 5. The highest BCUT2D eigenvalue weighted by atomic mass is 19.1. The number of halogens is 1. The van der Waals surface area contributed by atoms with E-state index in [1.165, 1.54) is 17.7 Å². The van der Waals surface area contributed by atoms with Crippen LogP contribution in [0, 0.1) is 11.7 Å². The number of amides is 1. The second-order valence-electron chi connectivity index (χ2n) is 7.92. The number of benzene rings is 2. The highest BCUT2D eigenvalue weighted by molar-refractivity contribution is 6.08. The van der Waals surface area contributed by atoms with E-state index in [1.807, 2.05) is 23.1 Å². The summed E-state index contributed by atoms with van der Waals surface area (Å²) in [6.45, 7) is 5.78. The standard InChI is InChI=1S/C24H27FN4O3/c1-2-32-23(31)20-21(18-8-10-19(25)11-9-18)26-24(27-22(20)30)29-14-12-28(13-15-29)16-17-6-4-3-5-7-17/h3-11,20-21H,2,12-16H2,1H3,(H,26,27,30)/t20-,21+/m1/s1. The molecule has 2 aliphatic rings. The number of ether oxygens (including phenoxy) is 1. The smallest absolute Gasteiger partial charge is 0.321 e. The Labute approximate surface area is 186 Å². The van der Waals surface area contributed by atoms with Crippen molar-refractivity contribution < 1.29 is 18.7 Å². The average molecular weight is 439 g/mol. The first-order valence-corrected chi connectivity index (χ1v) is 10.9. The van der Waals surface area contributed by atoms with Crippen molar-refractivity contribution in [1.29, 1.82) is 0 Å². The molecule has 2 aromatic rings. The molecule has 4 rings (SSSR count). The number of guanidine groups is 1. The van der Waals surface area contributed by atoms with Crippen molar-refractivity contribution >= 4 is 17.8 Å². The molecule has 8 heteroatoms. The summed E-state index contributed by atoms with van der Waals surface area (Å²) in [6.07, 6.45) is 0. The maximum atomic E-state index is 13.4. The summed E-state index contributed by atoms with van der Waals surface area (Å²) in [5.41, 5.74) is 1.86. The Balaban J connectivity index is 1.51. The highest BCUT2D eigenvalue weighted by Crippen LogP contribution is 2.31. The van der Waals surface area contributed by atoms with Crippen LogP contribution in [0.3, 0.4) is 0 Å². The average Bonchev–Trinajstić information content (AvgIpc) is 2.80. The van der Waals surface area contributed by atoms with E-state index in [2.05, 4.69) is 22.3 Å². The Morgan fingerprint density at radius 1 is 1.09 bits per heavy atom. The van der Waals surface area contributed by atoms with Gasteiger partial charge in [-0.2, -0.15) is 0 Å². The highest BCUT2D eigenvalue weighted by Gasteiger charge is 2.42. The van der Waals surface area contributed by atoms with Crippen LogP contribution in [0.5, 0.6) is 0 Å². The summed E-state index contributed by atoms with van der Waals surface area (Å²) < 4.78 is 18.6. The molecule has 32 heavy (non-hydrogen) atoms. The van der Waals surface area contributed by atoms with Crippen molar-refractivity contribution in [2.45, 2.75) is 19.5 Å². The molecule has 0 aromatic heterocycles. The first-order valence-electron chi connectivity index (χ1n) is 10.9. The minimum absolute atomic E-state index is 0.165. The zero-order valence-electron chi connectivity index (χ0n) is 18.0. The van der Waals surface area contributed by atoms with E-state index in [1.54, 1.807) is 19.1 Å². The molecule has 0 spiro atoms. The number of carbonyl (C=O) groups excluding carboxylic acids is 2. The third-order valence-corrected chi connectivity index (χ3v) is 5.77. The molecule has 2 aliphatic heterocycles.